The Kier molecular flexibility index (Phi) is 3.69. The van der Waals surface area contributed by atoms with Crippen LogP contribution in [0.15, 0.2) is 29.6 Å². The van der Waals surface area contributed by atoms with Gasteiger partial charge in [0, 0.05) is 18.2 Å². The van der Waals surface area contributed by atoms with E-state index < -0.39 is 6.10 Å². The summed E-state index contributed by atoms with van der Waals surface area (Å²) in [6.45, 7) is 1.90. The molecule has 3 aromatic rings. The second-order valence-corrected chi connectivity index (χ2v) is 6.02. The number of aromatic nitrogens is 2. The molecule has 5 heteroatoms. The number of ether oxygens (including phenoxy) is 1. The van der Waals surface area contributed by atoms with Crippen LogP contribution in [-0.2, 0) is 13.5 Å². The molecular formula is C16H18N2O2S. The number of hydrogen-bond acceptors (Lipinski definition) is 4. The Morgan fingerprint density at radius 3 is 2.90 bits per heavy atom. The van der Waals surface area contributed by atoms with E-state index in [4.69, 9.17) is 4.74 Å². The van der Waals surface area contributed by atoms with Gasteiger partial charge in [0.05, 0.1) is 24.5 Å². The van der Waals surface area contributed by atoms with Gasteiger partial charge in [-0.3, -0.25) is 0 Å². The van der Waals surface area contributed by atoms with E-state index in [1.165, 1.54) is 10.1 Å². The molecule has 2 heterocycles. The second-order valence-electron chi connectivity index (χ2n) is 5.11. The summed E-state index contributed by atoms with van der Waals surface area (Å²) in [5.41, 5.74) is 2.74. The molecule has 0 spiro atoms. The fraction of sp³-hybridized carbons (Fsp3) is 0.312. The third kappa shape index (κ3) is 2.43. The Balaban J connectivity index is 1.95. The van der Waals surface area contributed by atoms with E-state index in [1.54, 1.807) is 23.1 Å². The highest BCUT2D eigenvalue weighted by molar-refractivity contribution is 7.17. The number of aliphatic hydroxyl groups excluding tert-OH is 1. The first-order valence-electron chi connectivity index (χ1n) is 6.82. The molecule has 0 saturated carbocycles. The van der Waals surface area contributed by atoms with Crippen LogP contribution < -0.4 is 4.74 Å². The lowest BCUT2D eigenvalue weighted by Gasteiger charge is -2.12. The lowest BCUT2D eigenvalue weighted by Crippen LogP contribution is -2.05. The van der Waals surface area contributed by atoms with Crippen LogP contribution in [-0.4, -0.2) is 22.0 Å². The molecule has 1 N–H and O–H groups in total. The molecule has 1 unspecified atom stereocenters. The first-order chi connectivity index (χ1) is 10.1. The van der Waals surface area contributed by atoms with E-state index >= 15 is 0 Å². The molecule has 0 aliphatic rings. The first kappa shape index (κ1) is 14.1. The fourth-order valence-corrected chi connectivity index (χ4v) is 3.76. The first-order valence-corrected chi connectivity index (χ1v) is 7.70. The molecule has 4 nitrogen and oxygen atoms in total. The van der Waals surface area contributed by atoms with E-state index in [-0.39, 0.29) is 0 Å². The Hall–Kier alpha value is -1.85. The Bertz CT molecular complexity index is 776. The Labute approximate surface area is 127 Å². The van der Waals surface area contributed by atoms with Gasteiger partial charge in [-0.25, -0.2) is 4.68 Å². The highest BCUT2D eigenvalue weighted by Gasteiger charge is 2.22. The molecule has 0 amide bonds. The lowest BCUT2D eigenvalue weighted by atomic mass is 10.0. The molecule has 2 aromatic heterocycles. The molecule has 1 aromatic carbocycles. The van der Waals surface area contributed by atoms with Gasteiger partial charge in [-0.1, -0.05) is 18.2 Å². The Morgan fingerprint density at radius 2 is 2.14 bits per heavy atom. The smallest absolute Gasteiger partial charge is 0.217 e. The molecule has 110 valence electrons. The summed E-state index contributed by atoms with van der Waals surface area (Å²) in [5.74, 6) is 0.625. The van der Waals surface area contributed by atoms with E-state index in [9.17, 15) is 5.11 Å². The maximum atomic E-state index is 10.6. The normalized spacial score (nSPS) is 12.8. The van der Waals surface area contributed by atoms with Gasteiger partial charge in [0.1, 0.15) is 0 Å². The van der Waals surface area contributed by atoms with Gasteiger partial charge in [-0.15, -0.1) is 11.3 Å². The zero-order valence-electron chi connectivity index (χ0n) is 12.3. The van der Waals surface area contributed by atoms with Crippen molar-refractivity contribution in [2.75, 3.05) is 7.11 Å². The van der Waals surface area contributed by atoms with Gasteiger partial charge >= 0.3 is 0 Å². The molecule has 1 atom stereocenters. The summed E-state index contributed by atoms with van der Waals surface area (Å²) in [7, 11) is 3.43. The third-order valence-corrected chi connectivity index (χ3v) is 4.73. The highest BCUT2D eigenvalue weighted by atomic mass is 32.1. The van der Waals surface area contributed by atoms with Crippen LogP contribution in [0.4, 0.5) is 0 Å². The summed E-state index contributed by atoms with van der Waals surface area (Å²) in [5, 5.41) is 18.3. The van der Waals surface area contributed by atoms with Crippen molar-refractivity contribution >= 4 is 21.4 Å². The summed E-state index contributed by atoms with van der Waals surface area (Å²) in [6.07, 6.45) is -0.0564. The minimum Gasteiger partial charge on any atom is -0.481 e. The maximum Gasteiger partial charge on any atom is 0.217 e. The number of rotatable bonds is 4. The van der Waals surface area contributed by atoms with Crippen molar-refractivity contribution in [2.45, 2.75) is 19.4 Å². The second kappa shape index (κ2) is 5.50. The van der Waals surface area contributed by atoms with E-state index in [0.29, 0.717) is 12.3 Å². The van der Waals surface area contributed by atoms with E-state index in [2.05, 4.69) is 22.6 Å². The summed E-state index contributed by atoms with van der Waals surface area (Å²) in [4.78, 5) is 0. The average molecular weight is 302 g/mol. The fourth-order valence-electron chi connectivity index (χ4n) is 2.78. The van der Waals surface area contributed by atoms with Gasteiger partial charge in [-0.05, 0) is 29.3 Å². The van der Waals surface area contributed by atoms with Crippen LogP contribution in [0, 0.1) is 6.92 Å². The van der Waals surface area contributed by atoms with Crippen molar-refractivity contribution in [1.82, 2.24) is 9.78 Å². The largest absolute Gasteiger partial charge is 0.481 e. The number of fused-ring (bicyclic) bond motifs is 1. The quantitative estimate of drug-likeness (QED) is 0.805. The van der Waals surface area contributed by atoms with Crippen LogP contribution in [0.5, 0.6) is 5.88 Å². The summed E-state index contributed by atoms with van der Waals surface area (Å²) >= 11 is 1.71. The predicted molar refractivity (Wildman–Crippen MR) is 85.0 cm³/mol. The molecule has 21 heavy (non-hydrogen) atoms. The molecule has 0 saturated heterocycles. The van der Waals surface area contributed by atoms with Crippen molar-refractivity contribution in [2.24, 2.45) is 7.05 Å². The molecular weight excluding hydrogens is 284 g/mol. The van der Waals surface area contributed by atoms with Crippen LogP contribution in [0.3, 0.4) is 0 Å². The van der Waals surface area contributed by atoms with Gasteiger partial charge in [0.2, 0.25) is 5.88 Å². The van der Waals surface area contributed by atoms with Crippen molar-refractivity contribution in [1.29, 1.82) is 0 Å². The van der Waals surface area contributed by atoms with Gasteiger partial charge in [0.15, 0.2) is 0 Å². The van der Waals surface area contributed by atoms with Crippen molar-refractivity contribution in [3.63, 3.8) is 0 Å². The predicted octanol–water partition coefficient (Wildman–Crippen LogP) is 3.23. The third-order valence-electron chi connectivity index (χ3n) is 3.72. The van der Waals surface area contributed by atoms with Crippen molar-refractivity contribution in [3.05, 3.63) is 46.5 Å². The minimum atomic E-state index is -0.619. The zero-order chi connectivity index (χ0) is 15.0. The number of methoxy groups -OCH3 is 1. The van der Waals surface area contributed by atoms with E-state index in [0.717, 1.165) is 16.8 Å². The number of thiophene rings is 1. The SMILES string of the molecule is COc1c(C(O)Cc2csc3ccccc23)c(C)nn1C. The summed E-state index contributed by atoms with van der Waals surface area (Å²) < 4.78 is 8.28. The van der Waals surface area contributed by atoms with Gasteiger partial charge < -0.3 is 9.84 Å². The van der Waals surface area contributed by atoms with Crippen LogP contribution in [0.1, 0.15) is 22.9 Å². The highest BCUT2D eigenvalue weighted by Crippen LogP contribution is 2.33. The van der Waals surface area contributed by atoms with E-state index in [1.807, 2.05) is 26.1 Å². The van der Waals surface area contributed by atoms with Crippen molar-refractivity contribution < 1.29 is 9.84 Å². The standard InChI is InChI=1S/C16H18N2O2S/c1-10-15(16(20-3)18(2)17-10)13(19)8-11-9-21-14-7-5-4-6-12(11)14/h4-7,9,13,19H,8H2,1-3H3. The number of aryl methyl sites for hydroxylation is 2. The molecule has 0 radical (unpaired) electrons. The minimum absolute atomic E-state index is 0.562. The molecule has 0 aliphatic carbocycles. The van der Waals surface area contributed by atoms with Gasteiger partial charge in [-0.2, -0.15) is 5.10 Å². The van der Waals surface area contributed by atoms with Crippen LogP contribution >= 0.6 is 11.3 Å². The van der Waals surface area contributed by atoms with Crippen molar-refractivity contribution in [3.8, 4) is 5.88 Å². The monoisotopic (exact) mass is 302 g/mol. The number of hydrogen-bond donors (Lipinski definition) is 1. The van der Waals surface area contributed by atoms with Crippen LogP contribution in [0.25, 0.3) is 10.1 Å². The van der Waals surface area contributed by atoms with Crippen LogP contribution in [0.2, 0.25) is 0 Å². The van der Waals surface area contributed by atoms with Gasteiger partial charge in [0.25, 0.3) is 0 Å². The number of benzene rings is 1. The average Bonchev–Trinajstić information content (AvgIpc) is 2.99. The number of aliphatic hydroxyl groups is 1. The maximum absolute atomic E-state index is 10.6. The lowest BCUT2D eigenvalue weighted by molar-refractivity contribution is 0.173. The molecule has 0 fully saturated rings. The molecule has 0 bridgehead atoms. The topological polar surface area (TPSA) is 47.3 Å². The number of nitrogens with zero attached hydrogens (tertiary/aromatic N) is 2. The Morgan fingerprint density at radius 1 is 1.38 bits per heavy atom. The summed E-state index contributed by atoms with van der Waals surface area (Å²) in [6, 6.07) is 8.27. The zero-order valence-corrected chi connectivity index (χ0v) is 13.1. The molecule has 3 rings (SSSR count). The molecule has 0 aliphatic heterocycles.